The number of carbonyl (C=O) groups is 1. The minimum absolute atomic E-state index is 0.196. The number of hydrogen-bond acceptors (Lipinski definition) is 3. The van der Waals surface area contributed by atoms with Gasteiger partial charge in [0.25, 0.3) is 0 Å². The smallest absolute Gasteiger partial charge is 0.339 e. The van der Waals surface area contributed by atoms with Crippen LogP contribution in [-0.2, 0) is 0 Å². The highest BCUT2D eigenvalue weighted by molar-refractivity contribution is 9.10. The van der Waals surface area contributed by atoms with Crippen LogP contribution in [0.1, 0.15) is 10.4 Å². The fourth-order valence-electron chi connectivity index (χ4n) is 1.61. The molecule has 2 aromatic carbocycles. The third-order valence-electron chi connectivity index (χ3n) is 2.54. The molecule has 0 unspecified atom stereocenters. The van der Waals surface area contributed by atoms with Gasteiger partial charge in [0.05, 0.1) is 6.61 Å². The van der Waals surface area contributed by atoms with Crippen molar-refractivity contribution in [1.29, 1.82) is 0 Å². The molecule has 2 rings (SSSR count). The maximum absolute atomic E-state index is 11.0. The van der Waals surface area contributed by atoms with E-state index in [2.05, 4.69) is 15.9 Å². The molecule has 104 valence electrons. The summed E-state index contributed by atoms with van der Waals surface area (Å²) >= 11 is 5.06. The fourth-order valence-corrected chi connectivity index (χ4v) is 2.61. The molecule has 0 aliphatic rings. The van der Waals surface area contributed by atoms with Gasteiger partial charge in [-0.15, -0.1) is 11.8 Å². The van der Waals surface area contributed by atoms with Crippen LogP contribution in [0.2, 0.25) is 0 Å². The Labute approximate surface area is 130 Å². The first-order chi connectivity index (χ1) is 9.66. The van der Waals surface area contributed by atoms with Gasteiger partial charge in [-0.1, -0.05) is 28.1 Å². The van der Waals surface area contributed by atoms with Crippen LogP contribution < -0.4 is 4.74 Å². The Hall–Kier alpha value is -1.46. The van der Waals surface area contributed by atoms with Gasteiger partial charge in [-0.3, -0.25) is 0 Å². The summed E-state index contributed by atoms with van der Waals surface area (Å²) in [6.45, 7) is 0.463. The Bertz CT molecular complexity index is 584. The quantitative estimate of drug-likeness (QED) is 0.621. The Balaban J connectivity index is 1.84. The summed E-state index contributed by atoms with van der Waals surface area (Å²) in [4.78, 5) is 12.2. The van der Waals surface area contributed by atoms with E-state index in [1.807, 2.05) is 24.3 Å². The van der Waals surface area contributed by atoms with E-state index in [0.717, 1.165) is 15.1 Å². The number of benzene rings is 2. The predicted octanol–water partition coefficient (Wildman–Crippen LogP) is 4.32. The van der Waals surface area contributed by atoms with Gasteiger partial charge in [-0.25, -0.2) is 4.79 Å². The molecule has 20 heavy (non-hydrogen) atoms. The highest BCUT2D eigenvalue weighted by Gasteiger charge is 2.09. The molecule has 0 saturated carbocycles. The number of rotatable bonds is 6. The van der Waals surface area contributed by atoms with Crippen molar-refractivity contribution in [3.05, 3.63) is 58.6 Å². The number of aromatic carboxylic acids is 1. The first-order valence-electron chi connectivity index (χ1n) is 6.00. The zero-order chi connectivity index (χ0) is 14.4. The Morgan fingerprint density at radius 2 is 1.85 bits per heavy atom. The largest absolute Gasteiger partial charge is 0.492 e. The molecule has 0 radical (unpaired) electrons. The van der Waals surface area contributed by atoms with Crippen molar-refractivity contribution in [2.75, 3.05) is 12.4 Å². The van der Waals surface area contributed by atoms with E-state index in [1.54, 1.807) is 36.0 Å². The molecule has 0 atom stereocenters. The number of hydrogen-bond donors (Lipinski definition) is 1. The van der Waals surface area contributed by atoms with Crippen LogP contribution in [0.3, 0.4) is 0 Å². The molecule has 0 fully saturated rings. The summed E-state index contributed by atoms with van der Waals surface area (Å²) in [7, 11) is 0. The summed E-state index contributed by atoms with van der Waals surface area (Å²) in [6.07, 6.45) is 0. The lowest BCUT2D eigenvalue weighted by Crippen LogP contribution is -2.05. The van der Waals surface area contributed by atoms with Crippen LogP contribution in [0.25, 0.3) is 0 Å². The lowest BCUT2D eigenvalue weighted by Gasteiger charge is -2.08. The van der Waals surface area contributed by atoms with Gasteiger partial charge in [0, 0.05) is 15.1 Å². The van der Waals surface area contributed by atoms with Gasteiger partial charge in [0.2, 0.25) is 0 Å². The van der Waals surface area contributed by atoms with Crippen molar-refractivity contribution in [1.82, 2.24) is 0 Å². The lowest BCUT2D eigenvalue weighted by molar-refractivity contribution is 0.0692. The highest BCUT2D eigenvalue weighted by Crippen LogP contribution is 2.22. The van der Waals surface area contributed by atoms with Crippen LogP contribution in [-0.4, -0.2) is 23.4 Å². The first-order valence-corrected chi connectivity index (χ1v) is 7.78. The van der Waals surface area contributed by atoms with Crippen LogP contribution in [0.15, 0.2) is 57.9 Å². The van der Waals surface area contributed by atoms with E-state index in [9.17, 15) is 4.79 Å². The molecule has 0 aliphatic carbocycles. The summed E-state index contributed by atoms with van der Waals surface area (Å²) in [5, 5.41) is 9.04. The Morgan fingerprint density at radius 3 is 2.55 bits per heavy atom. The third-order valence-corrected chi connectivity index (χ3v) is 4.05. The third kappa shape index (κ3) is 4.28. The average molecular weight is 353 g/mol. The maximum atomic E-state index is 11.0. The van der Waals surface area contributed by atoms with Crippen LogP contribution in [0.5, 0.6) is 5.75 Å². The number of carboxylic acid groups (broad SMARTS) is 1. The van der Waals surface area contributed by atoms with Crippen LogP contribution in [0, 0.1) is 0 Å². The predicted molar refractivity (Wildman–Crippen MR) is 83.8 cm³/mol. The fraction of sp³-hybridized carbons (Fsp3) is 0.133. The lowest BCUT2D eigenvalue weighted by atomic mass is 10.2. The minimum Gasteiger partial charge on any atom is -0.492 e. The second-order valence-corrected chi connectivity index (χ2v) is 6.04. The number of carboxylic acids is 1. The van der Waals surface area contributed by atoms with Gasteiger partial charge in [-0.2, -0.15) is 0 Å². The molecular formula is C15H13BrO3S. The standard InChI is InChI=1S/C15H13BrO3S/c16-11-5-7-12(8-6-11)20-10-9-19-14-4-2-1-3-13(14)15(17)18/h1-8H,9-10H2,(H,17,18). The molecule has 0 aliphatic heterocycles. The molecule has 0 amide bonds. The molecule has 5 heteroatoms. The molecule has 0 bridgehead atoms. The molecule has 0 saturated heterocycles. The SMILES string of the molecule is O=C(O)c1ccccc1OCCSc1ccc(Br)cc1. The number of thioether (sulfide) groups is 1. The molecule has 0 heterocycles. The van der Waals surface area contributed by atoms with Gasteiger partial charge < -0.3 is 9.84 Å². The van der Waals surface area contributed by atoms with Gasteiger partial charge >= 0.3 is 5.97 Å². The summed E-state index contributed by atoms with van der Waals surface area (Å²) in [5.41, 5.74) is 0.196. The van der Waals surface area contributed by atoms with E-state index in [4.69, 9.17) is 9.84 Å². The minimum atomic E-state index is -0.971. The summed E-state index contributed by atoms with van der Waals surface area (Å²) in [6, 6.07) is 14.7. The first kappa shape index (κ1) is 14.9. The molecule has 3 nitrogen and oxygen atoms in total. The zero-order valence-corrected chi connectivity index (χ0v) is 13.0. The summed E-state index contributed by atoms with van der Waals surface area (Å²) in [5.74, 6) is 0.202. The number of halogens is 1. The topological polar surface area (TPSA) is 46.5 Å². The number of para-hydroxylation sites is 1. The molecule has 0 aromatic heterocycles. The second kappa shape index (κ2) is 7.36. The van der Waals surface area contributed by atoms with Gasteiger partial charge in [-0.05, 0) is 36.4 Å². The zero-order valence-electron chi connectivity index (χ0n) is 10.6. The van der Waals surface area contributed by atoms with Crippen molar-refractivity contribution in [2.24, 2.45) is 0 Å². The Kier molecular flexibility index (Phi) is 5.49. The highest BCUT2D eigenvalue weighted by atomic mass is 79.9. The van der Waals surface area contributed by atoms with Gasteiger partial charge in [0.15, 0.2) is 0 Å². The van der Waals surface area contributed by atoms with Crippen molar-refractivity contribution >= 4 is 33.7 Å². The van der Waals surface area contributed by atoms with E-state index in [-0.39, 0.29) is 5.56 Å². The van der Waals surface area contributed by atoms with Crippen molar-refractivity contribution in [2.45, 2.75) is 4.90 Å². The van der Waals surface area contributed by atoms with Crippen molar-refractivity contribution in [3.8, 4) is 5.75 Å². The maximum Gasteiger partial charge on any atom is 0.339 e. The van der Waals surface area contributed by atoms with Crippen molar-refractivity contribution in [3.63, 3.8) is 0 Å². The second-order valence-electron chi connectivity index (χ2n) is 3.95. The van der Waals surface area contributed by atoms with Crippen LogP contribution in [0.4, 0.5) is 0 Å². The van der Waals surface area contributed by atoms with E-state index in [1.165, 1.54) is 0 Å². The molecule has 2 aromatic rings. The van der Waals surface area contributed by atoms with Gasteiger partial charge in [0.1, 0.15) is 11.3 Å². The number of ether oxygens (including phenoxy) is 1. The van der Waals surface area contributed by atoms with E-state index < -0.39 is 5.97 Å². The molecule has 1 N–H and O–H groups in total. The average Bonchev–Trinajstić information content (AvgIpc) is 2.46. The van der Waals surface area contributed by atoms with Crippen LogP contribution >= 0.6 is 27.7 Å². The Morgan fingerprint density at radius 1 is 1.15 bits per heavy atom. The van der Waals surface area contributed by atoms with E-state index in [0.29, 0.717) is 12.4 Å². The summed E-state index contributed by atoms with van der Waals surface area (Å²) < 4.78 is 6.58. The van der Waals surface area contributed by atoms with Crippen molar-refractivity contribution < 1.29 is 14.6 Å². The van der Waals surface area contributed by atoms with E-state index >= 15 is 0 Å². The normalized spacial score (nSPS) is 10.2. The monoisotopic (exact) mass is 352 g/mol. The molecule has 0 spiro atoms. The molecular weight excluding hydrogens is 340 g/mol.